The lowest BCUT2D eigenvalue weighted by atomic mass is 10.4. The highest BCUT2D eigenvalue weighted by Crippen LogP contribution is 2.23. The summed E-state index contributed by atoms with van der Waals surface area (Å²) >= 11 is 1.56. The number of nitrogens with two attached hydrogens (primary N) is 1. The van der Waals surface area contributed by atoms with Gasteiger partial charge in [-0.2, -0.15) is 4.31 Å². The third kappa shape index (κ3) is 3.12. The number of rotatable bonds is 6. The van der Waals surface area contributed by atoms with Crippen molar-refractivity contribution in [1.82, 2.24) is 9.29 Å². The van der Waals surface area contributed by atoms with Crippen LogP contribution in [-0.2, 0) is 23.1 Å². The fourth-order valence-corrected chi connectivity index (χ4v) is 4.34. The summed E-state index contributed by atoms with van der Waals surface area (Å²) in [6.07, 6.45) is 1.50. The summed E-state index contributed by atoms with van der Waals surface area (Å²) in [7, 11) is -3.51. The van der Waals surface area contributed by atoms with E-state index in [1.165, 1.54) is 10.5 Å². The van der Waals surface area contributed by atoms with E-state index in [-0.39, 0.29) is 10.9 Å². The topological polar surface area (TPSA) is 79.2 Å². The number of hydrogen-bond acceptors (Lipinski definition) is 4. The number of sulfonamides is 1. The molecule has 0 bridgehead atoms. The molecule has 3 N–H and O–H groups in total. The molecule has 0 unspecified atom stereocenters. The van der Waals surface area contributed by atoms with Crippen molar-refractivity contribution in [2.75, 3.05) is 0 Å². The van der Waals surface area contributed by atoms with E-state index in [1.54, 1.807) is 17.4 Å². The van der Waals surface area contributed by atoms with E-state index in [1.807, 2.05) is 31.4 Å². The maximum atomic E-state index is 12.7. The maximum absolute atomic E-state index is 12.7. The van der Waals surface area contributed by atoms with Crippen LogP contribution in [-0.4, -0.2) is 23.7 Å². The zero-order chi connectivity index (χ0) is 14.8. The molecule has 0 spiro atoms. The molecular formula is C13H19N3O2S2. The molecule has 7 heteroatoms. The van der Waals surface area contributed by atoms with E-state index in [9.17, 15) is 8.42 Å². The van der Waals surface area contributed by atoms with Crippen LogP contribution < -0.4 is 5.73 Å². The van der Waals surface area contributed by atoms with E-state index < -0.39 is 10.0 Å². The Labute approximate surface area is 123 Å². The summed E-state index contributed by atoms with van der Waals surface area (Å²) in [4.78, 5) is 4.18. The van der Waals surface area contributed by atoms with Gasteiger partial charge in [-0.25, -0.2) is 8.42 Å². The van der Waals surface area contributed by atoms with E-state index >= 15 is 0 Å². The molecule has 2 heterocycles. The summed E-state index contributed by atoms with van der Waals surface area (Å²) in [5, 5.41) is 1.95. The zero-order valence-electron chi connectivity index (χ0n) is 11.5. The molecule has 0 aliphatic heterocycles. The van der Waals surface area contributed by atoms with Crippen molar-refractivity contribution in [3.63, 3.8) is 0 Å². The second kappa shape index (κ2) is 6.09. The van der Waals surface area contributed by atoms with Crippen LogP contribution in [0.2, 0.25) is 0 Å². The van der Waals surface area contributed by atoms with Gasteiger partial charge >= 0.3 is 0 Å². The van der Waals surface area contributed by atoms with Crippen LogP contribution in [0.3, 0.4) is 0 Å². The highest BCUT2D eigenvalue weighted by Gasteiger charge is 2.28. The summed E-state index contributed by atoms with van der Waals surface area (Å²) in [6, 6.07) is 5.35. The van der Waals surface area contributed by atoms with Crippen LogP contribution in [0.15, 0.2) is 34.7 Å². The van der Waals surface area contributed by atoms with Crippen LogP contribution in [0.4, 0.5) is 0 Å². The van der Waals surface area contributed by atoms with Crippen molar-refractivity contribution < 1.29 is 8.42 Å². The van der Waals surface area contributed by atoms with Crippen LogP contribution in [0.5, 0.6) is 0 Å². The highest BCUT2D eigenvalue weighted by molar-refractivity contribution is 7.89. The number of thiophene rings is 1. The molecule has 0 amide bonds. The van der Waals surface area contributed by atoms with Crippen molar-refractivity contribution in [2.45, 2.75) is 37.9 Å². The standard InChI is InChI=1S/C13H19N3O2S2/c1-10(2)16(9-12-4-3-5-19-12)20(17,18)13-6-11(7-14)15-8-13/h3-6,8,10,15H,7,9,14H2,1-2H3. The Morgan fingerprint density at radius 2 is 2.20 bits per heavy atom. The Kier molecular flexibility index (Phi) is 4.64. The van der Waals surface area contributed by atoms with Gasteiger partial charge in [-0.15, -0.1) is 11.3 Å². The molecule has 0 saturated heterocycles. The first kappa shape index (κ1) is 15.2. The number of nitrogens with zero attached hydrogens (tertiary/aromatic N) is 1. The van der Waals surface area contributed by atoms with E-state index in [0.29, 0.717) is 18.8 Å². The van der Waals surface area contributed by atoms with Gasteiger partial charge in [0.1, 0.15) is 0 Å². The number of nitrogens with one attached hydrogen (secondary N) is 1. The normalized spacial score (nSPS) is 12.4. The first-order chi connectivity index (χ1) is 9.45. The van der Waals surface area contributed by atoms with E-state index in [4.69, 9.17) is 5.73 Å². The van der Waals surface area contributed by atoms with Gasteiger partial charge in [0.15, 0.2) is 0 Å². The molecule has 0 aliphatic rings. The minimum absolute atomic E-state index is 0.113. The molecule has 2 aromatic rings. The Morgan fingerprint density at radius 3 is 2.70 bits per heavy atom. The van der Waals surface area contributed by atoms with E-state index in [0.717, 1.165) is 4.88 Å². The molecule has 2 aromatic heterocycles. The fourth-order valence-electron chi connectivity index (χ4n) is 1.92. The largest absolute Gasteiger partial charge is 0.363 e. The number of aromatic amines is 1. The first-order valence-corrected chi connectivity index (χ1v) is 8.68. The molecule has 0 aliphatic carbocycles. The number of aromatic nitrogens is 1. The van der Waals surface area contributed by atoms with Crippen LogP contribution in [0, 0.1) is 0 Å². The molecule has 20 heavy (non-hydrogen) atoms. The molecule has 2 rings (SSSR count). The predicted molar refractivity (Wildman–Crippen MR) is 80.9 cm³/mol. The van der Waals surface area contributed by atoms with Gasteiger partial charge in [0, 0.05) is 35.9 Å². The second-order valence-corrected chi connectivity index (χ2v) is 7.71. The third-order valence-corrected chi connectivity index (χ3v) is 5.87. The predicted octanol–water partition coefficient (Wildman–Crippen LogP) is 2.13. The molecular weight excluding hydrogens is 294 g/mol. The van der Waals surface area contributed by atoms with Gasteiger partial charge in [0.25, 0.3) is 0 Å². The van der Waals surface area contributed by atoms with Crippen LogP contribution in [0.1, 0.15) is 24.4 Å². The number of H-pyrrole nitrogens is 1. The van der Waals surface area contributed by atoms with Crippen LogP contribution >= 0.6 is 11.3 Å². The third-order valence-electron chi connectivity index (χ3n) is 3.01. The smallest absolute Gasteiger partial charge is 0.245 e. The minimum Gasteiger partial charge on any atom is -0.363 e. The van der Waals surface area contributed by atoms with Crippen molar-refractivity contribution >= 4 is 21.4 Å². The van der Waals surface area contributed by atoms with Crippen molar-refractivity contribution in [2.24, 2.45) is 5.73 Å². The quantitative estimate of drug-likeness (QED) is 0.857. The SMILES string of the molecule is CC(C)N(Cc1cccs1)S(=O)(=O)c1c[nH]c(CN)c1. The first-order valence-electron chi connectivity index (χ1n) is 6.36. The monoisotopic (exact) mass is 313 g/mol. The molecule has 0 radical (unpaired) electrons. The average Bonchev–Trinajstić information content (AvgIpc) is 3.06. The Balaban J connectivity index is 2.32. The van der Waals surface area contributed by atoms with Crippen molar-refractivity contribution in [3.8, 4) is 0 Å². The average molecular weight is 313 g/mol. The summed E-state index contributed by atoms with van der Waals surface area (Å²) in [5.74, 6) is 0. The van der Waals surface area contributed by atoms with Gasteiger partial charge in [-0.1, -0.05) is 6.07 Å². The maximum Gasteiger partial charge on any atom is 0.245 e. The van der Waals surface area contributed by atoms with Gasteiger partial charge < -0.3 is 10.7 Å². The van der Waals surface area contributed by atoms with Crippen molar-refractivity contribution in [1.29, 1.82) is 0 Å². The summed E-state index contributed by atoms with van der Waals surface area (Å²) < 4.78 is 26.9. The van der Waals surface area contributed by atoms with E-state index in [2.05, 4.69) is 4.98 Å². The number of hydrogen-bond donors (Lipinski definition) is 2. The lowest BCUT2D eigenvalue weighted by Gasteiger charge is -2.24. The Bertz CT molecular complexity index is 645. The highest BCUT2D eigenvalue weighted by atomic mass is 32.2. The molecule has 110 valence electrons. The fraction of sp³-hybridized carbons (Fsp3) is 0.385. The second-order valence-electron chi connectivity index (χ2n) is 4.79. The van der Waals surface area contributed by atoms with Gasteiger partial charge in [0.05, 0.1) is 4.90 Å². The molecule has 5 nitrogen and oxygen atoms in total. The zero-order valence-corrected chi connectivity index (χ0v) is 13.2. The summed E-state index contributed by atoms with van der Waals surface area (Å²) in [5.41, 5.74) is 6.23. The molecule has 0 atom stereocenters. The lowest BCUT2D eigenvalue weighted by molar-refractivity contribution is 0.350. The minimum atomic E-state index is -3.51. The van der Waals surface area contributed by atoms with Gasteiger partial charge in [0.2, 0.25) is 10.0 Å². The van der Waals surface area contributed by atoms with Crippen LogP contribution in [0.25, 0.3) is 0 Å². The molecule has 0 aromatic carbocycles. The summed E-state index contributed by atoms with van der Waals surface area (Å²) in [6.45, 7) is 4.44. The van der Waals surface area contributed by atoms with Gasteiger partial charge in [-0.3, -0.25) is 0 Å². The van der Waals surface area contributed by atoms with Crippen molar-refractivity contribution in [3.05, 3.63) is 40.3 Å². The lowest BCUT2D eigenvalue weighted by Crippen LogP contribution is -2.36. The Hall–Kier alpha value is -1.15. The molecule has 0 saturated carbocycles. The molecule has 0 fully saturated rings. The van der Waals surface area contributed by atoms with Gasteiger partial charge in [-0.05, 0) is 31.4 Å². The Morgan fingerprint density at radius 1 is 1.45 bits per heavy atom.